The molecule has 6 aromatic carbocycles. The number of carbonyl (C=O) groups is 8. The van der Waals surface area contributed by atoms with Gasteiger partial charge in [-0.05, 0) is 244 Å². The van der Waals surface area contributed by atoms with Crippen LogP contribution in [0.4, 0.5) is 22.7 Å². The van der Waals surface area contributed by atoms with Crippen molar-refractivity contribution in [1.29, 1.82) is 0 Å². The van der Waals surface area contributed by atoms with E-state index >= 15 is 0 Å². The summed E-state index contributed by atoms with van der Waals surface area (Å²) in [4.78, 5) is 132. The zero-order valence-electron chi connectivity index (χ0n) is 83.2. The van der Waals surface area contributed by atoms with Gasteiger partial charge < -0.3 is 92.8 Å². The Bertz CT molecular complexity index is 5490. The molecule has 10 N–H and O–H groups in total. The van der Waals surface area contributed by atoms with Gasteiger partial charge in [-0.1, -0.05) is 151 Å². The minimum atomic E-state index is -0.786. The van der Waals surface area contributed by atoms with Crippen LogP contribution in [0.5, 0.6) is 11.5 Å². The fourth-order valence-electron chi connectivity index (χ4n) is 17.5. The molecule has 10 aromatic rings. The highest BCUT2D eigenvalue weighted by Gasteiger charge is 2.36. The van der Waals surface area contributed by atoms with E-state index in [1.54, 1.807) is 106 Å². The Morgan fingerprint density at radius 2 is 0.583 bits per heavy atom. The molecule has 0 spiro atoms. The van der Waals surface area contributed by atoms with Crippen molar-refractivity contribution >= 4 is 70.0 Å². The van der Waals surface area contributed by atoms with Crippen LogP contribution < -0.4 is 82.6 Å². The number of phenols is 2. The van der Waals surface area contributed by atoms with Gasteiger partial charge in [0, 0.05) is 170 Å². The average Bonchev–Trinajstić information content (AvgIpc) is 0.769. The van der Waals surface area contributed by atoms with Crippen LogP contribution in [-0.2, 0) is 26.2 Å². The lowest BCUT2D eigenvalue weighted by atomic mass is 9.67. The predicted octanol–water partition coefficient (Wildman–Crippen LogP) is 10.8. The number of amides is 8. The van der Waals surface area contributed by atoms with Gasteiger partial charge in [0.05, 0.1) is 0 Å². The second-order valence-corrected chi connectivity index (χ2v) is 37.2. The Morgan fingerprint density at radius 1 is 0.347 bits per heavy atom. The average molecular weight is 1960 g/mol. The molecule has 12 heterocycles. The van der Waals surface area contributed by atoms with Crippen LogP contribution in [0.2, 0.25) is 0 Å². The zero-order chi connectivity index (χ0) is 103. The van der Waals surface area contributed by atoms with Crippen LogP contribution in [0.25, 0.3) is 20.9 Å². The lowest BCUT2D eigenvalue weighted by Crippen LogP contribution is -2.64. The Hall–Kier alpha value is -15.1. The van der Waals surface area contributed by atoms with Gasteiger partial charge >= 0.3 is 0 Å². The van der Waals surface area contributed by atoms with Gasteiger partial charge in [0.2, 0.25) is 0 Å². The molecule has 4 aromatic heterocycles. The van der Waals surface area contributed by atoms with Gasteiger partial charge in [-0.15, -0.1) is 24.4 Å². The van der Waals surface area contributed by atoms with Gasteiger partial charge in [0.1, 0.15) is 57.1 Å². The molecular formula is C108H130N22O14-4. The Labute approximate surface area is 840 Å². The van der Waals surface area contributed by atoms with E-state index in [2.05, 4.69) is 128 Å². The molecule has 0 saturated heterocycles. The number of anilines is 4. The molecule has 4 aliphatic carbocycles. The lowest BCUT2D eigenvalue weighted by molar-refractivity contribution is -0.547. The van der Waals surface area contributed by atoms with E-state index in [9.17, 15) is 69.0 Å². The van der Waals surface area contributed by atoms with Crippen molar-refractivity contribution < 1.29 is 69.0 Å². The number of hydrogen-bond donors (Lipinski definition) is 10. The number of aryl methyl sites for hydroxylation is 1. The van der Waals surface area contributed by atoms with Gasteiger partial charge in [0.15, 0.2) is 0 Å². The molecule has 4 fully saturated rings. The van der Waals surface area contributed by atoms with E-state index in [0.29, 0.717) is 81.6 Å². The zero-order valence-corrected chi connectivity index (χ0v) is 83.2. The molecule has 22 rings (SSSR count). The third-order valence-corrected chi connectivity index (χ3v) is 26.9. The monoisotopic (exact) mass is 1960 g/mol. The normalized spacial score (nSPS) is 21.0. The summed E-state index contributed by atoms with van der Waals surface area (Å²) in [6.45, 7) is 18.3. The summed E-state index contributed by atoms with van der Waals surface area (Å²) in [5.74, 6) is -2.48. The maximum absolute atomic E-state index is 12.7. The largest absolute Gasteiger partial charge is 0.851 e. The highest BCUT2D eigenvalue weighted by Crippen LogP contribution is 2.41. The molecule has 0 radical (unpaired) electrons. The van der Waals surface area contributed by atoms with Gasteiger partial charge in [-0.25, -0.2) is 19.9 Å². The van der Waals surface area contributed by atoms with Crippen LogP contribution in [0.1, 0.15) is 219 Å². The van der Waals surface area contributed by atoms with Gasteiger partial charge in [-0.2, -0.15) is 0 Å². The summed E-state index contributed by atoms with van der Waals surface area (Å²) in [6.07, 6.45) is 4.34. The number of carbonyl (C=O) groups excluding carboxylic acids is 8. The molecule has 8 amide bonds. The number of nitrogens with zero attached hydrogens (tertiary/aromatic N) is 14. The number of phenolic OH excluding ortho intramolecular Hbond substituents is 2. The molecule has 36 nitrogen and oxygen atoms in total. The molecule has 4 saturated carbocycles. The third kappa shape index (κ3) is 31.5. The van der Waals surface area contributed by atoms with Crippen LogP contribution in [0.3, 0.4) is 0 Å². The van der Waals surface area contributed by atoms with Gasteiger partial charge in [-0.3, -0.25) is 38.4 Å². The third-order valence-electron chi connectivity index (χ3n) is 26.9. The van der Waals surface area contributed by atoms with Crippen molar-refractivity contribution in [1.82, 2.24) is 62.5 Å². The van der Waals surface area contributed by atoms with Crippen molar-refractivity contribution in [2.75, 3.05) is 113 Å². The van der Waals surface area contributed by atoms with Crippen LogP contribution in [0.15, 0.2) is 216 Å². The maximum Gasteiger partial charge on any atom is 0.270 e. The number of nitrogens with one attached hydrogen (secondary N) is 8. The maximum atomic E-state index is 12.7. The molecule has 36 heteroatoms. The standard InChI is InChI=1S/2C30H32N6O4.2C15H20N4O2.C9H13NO2.C9H13N/c2*37-27-23-3-1-4-24(35-23)28(38)32-16-20-9-13-22(14-10-20)18-34-30(40)26-6-2-5-25(36-26)29(39)33-17-21-11-7-19(8-12-21)15-31-27;2*1-3-19(9-8-17-18-16)12-6-4-11(5-7-12)13-14(20)10(2)15(13)21;1-6-8(11)4-7(10(2)3)5-9(6)12;1-8-4-6-9(7-5-8)10(2)3/h2*1-8,11-12,20,22H,9-10,13-18H2,(H,31,37)(H,32,38)(H,33,39)(H,34,40);2*4-7,10,13-15H,3,8-9H2,1-2H3;4-5,11-12H,1-3H3;4-7H,1-3H3/q;;2*-2;;. The van der Waals surface area contributed by atoms with Crippen molar-refractivity contribution in [3.8, 4) is 11.5 Å². The van der Waals surface area contributed by atoms with Crippen LogP contribution >= 0.6 is 0 Å². The minimum Gasteiger partial charge on any atom is -0.851 e. The van der Waals surface area contributed by atoms with Crippen molar-refractivity contribution in [2.24, 2.45) is 45.7 Å². The molecule has 144 heavy (non-hydrogen) atoms. The first-order valence-electron chi connectivity index (χ1n) is 48.9. The summed E-state index contributed by atoms with van der Waals surface area (Å²) < 4.78 is 0. The minimum absolute atomic E-state index is 0.124. The summed E-state index contributed by atoms with van der Waals surface area (Å²) in [7, 11) is 7.79. The van der Waals surface area contributed by atoms with E-state index in [1.165, 1.54) is 11.3 Å². The van der Waals surface area contributed by atoms with E-state index in [0.717, 1.165) is 115 Å². The summed E-state index contributed by atoms with van der Waals surface area (Å²) in [6, 6.07) is 61.1. The van der Waals surface area contributed by atoms with Crippen molar-refractivity contribution in [3.05, 3.63) is 317 Å². The number of pyridine rings is 4. The fourth-order valence-corrected chi connectivity index (χ4v) is 17.5. The van der Waals surface area contributed by atoms with Crippen molar-refractivity contribution in [2.45, 2.75) is 155 Å². The fraction of sp³-hybridized carbons (Fsp3) is 0.407. The first-order valence-corrected chi connectivity index (χ1v) is 48.9. The quantitative estimate of drug-likeness (QED) is 0.0275. The van der Waals surface area contributed by atoms with Gasteiger partial charge in [0.25, 0.3) is 47.3 Å². The van der Waals surface area contributed by atoms with E-state index in [-0.39, 0.29) is 142 Å². The number of benzene rings is 6. The molecule has 12 aliphatic rings. The van der Waals surface area contributed by atoms with E-state index < -0.39 is 36.3 Å². The number of azide groups is 2. The van der Waals surface area contributed by atoms with Crippen LogP contribution in [0, 0.1) is 49.4 Å². The first kappa shape index (κ1) is 109. The number of aromatic nitrogens is 4. The topological polar surface area (TPSA) is 528 Å². The molecule has 4 atom stereocenters. The summed E-state index contributed by atoms with van der Waals surface area (Å²) in [5, 5.41) is 96.3. The molecule has 16 bridgehead atoms. The predicted molar refractivity (Wildman–Crippen MR) is 545 cm³/mol. The summed E-state index contributed by atoms with van der Waals surface area (Å²) >= 11 is 0. The number of aromatic hydroxyl groups is 2. The van der Waals surface area contributed by atoms with Crippen molar-refractivity contribution in [3.63, 3.8) is 0 Å². The number of likely N-dealkylation sites (N-methyl/N-ethyl adjacent to an activating group) is 2. The van der Waals surface area contributed by atoms with E-state index in [1.807, 2.05) is 144 Å². The van der Waals surface area contributed by atoms with Crippen LogP contribution in [-0.4, -0.2) is 195 Å². The molecule has 760 valence electrons. The number of hydrogen-bond acceptors (Lipinski definition) is 24. The highest BCUT2D eigenvalue weighted by molar-refractivity contribution is 5.99. The second-order valence-electron chi connectivity index (χ2n) is 37.2. The Balaban J connectivity index is 0.000000176. The lowest BCUT2D eigenvalue weighted by Gasteiger charge is -2.60. The number of rotatable bonds is 14. The summed E-state index contributed by atoms with van der Waals surface area (Å²) in [5.41, 5.74) is 29.2. The highest BCUT2D eigenvalue weighted by atomic mass is 16.3. The molecule has 4 unspecified atom stereocenters. The SMILES string of the molecule is CCN(CCN=[N+]=[N-])c1ccc(C2C([O-])C(C)C2[O-])cc1.CCN(CCN=[N+]=[N-])c1ccc(C2C([O-])C(C)C2[O-])cc1.Cc1c(O)cc(N(C)C)cc1O.Cc1ccc(N(C)C)cc1.O=C1NCc2ccc(cc2)CNC(=O)c2cccc(n2)C(=O)NCC2CCC(CC2)CNC(=O)c2cccc1n2.O=C1NCc2ccc(cc2)CNC(=O)c2cccc(n2)C(=O)NCC2CCC(CC2)CNC(=O)c2cccc1n2. The van der Waals surface area contributed by atoms with E-state index in [4.69, 9.17) is 11.1 Å². The second kappa shape index (κ2) is 54.3. The molecular weight excluding hydrogens is 1830 g/mol. The smallest absolute Gasteiger partial charge is 0.270 e. The first-order chi connectivity index (χ1) is 69.3. The molecule has 8 aliphatic heterocycles. The Morgan fingerprint density at radius 3 is 0.812 bits per heavy atom. The Kier molecular flexibility index (Phi) is 41.2.